The zero-order valence-corrected chi connectivity index (χ0v) is 18.3. The lowest BCUT2D eigenvalue weighted by atomic mass is 9.96. The van der Waals surface area contributed by atoms with Crippen molar-refractivity contribution in [2.75, 3.05) is 12.4 Å². The van der Waals surface area contributed by atoms with Gasteiger partial charge in [-0.25, -0.2) is 0 Å². The number of aromatic nitrogens is 1. The molecular formula is C28H22N2O3. The van der Waals surface area contributed by atoms with E-state index in [-0.39, 0.29) is 11.3 Å². The summed E-state index contributed by atoms with van der Waals surface area (Å²) in [7, 11) is 3.38. The number of carbonyl (C=O) groups is 1. The lowest BCUT2D eigenvalue weighted by Gasteiger charge is -2.19. The Morgan fingerprint density at radius 3 is 2.30 bits per heavy atom. The number of rotatable bonds is 4. The molecule has 0 aliphatic rings. The number of nitrogens with one attached hydrogen (secondary N) is 1. The van der Waals surface area contributed by atoms with Gasteiger partial charge in [-0.3, -0.25) is 9.59 Å². The number of carbonyl (C=O) groups excluding carboxylic acids is 1. The third-order valence-electron chi connectivity index (χ3n) is 5.95. The van der Waals surface area contributed by atoms with Crippen molar-refractivity contribution in [1.82, 2.24) is 4.57 Å². The molecule has 0 bridgehead atoms. The molecule has 4 aromatic carbocycles. The first-order chi connectivity index (χ1) is 16.1. The van der Waals surface area contributed by atoms with Gasteiger partial charge >= 0.3 is 0 Å². The Bertz CT molecular complexity index is 1580. The van der Waals surface area contributed by atoms with Gasteiger partial charge < -0.3 is 14.6 Å². The van der Waals surface area contributed by atoms with Gasteiger partial charge in [-0.2, -0.15) is 0 Å². The van der Waals surface area contributed by atoms with Gasteiger partial charge in [0, 0.05) is 12.4 Å². The molecule has 1 heterocycles. The number of pyridine rings is 1. The van der Waals surface area contributed by atoms with Gasteiger partial charge in [0.15, 0.2) is 5.43 Å². The summed E-state index contributed by atoms with van der Waals surface area (Å²) >= 11 is 0. The number of amides is 1. The van der Waals surface area contributed by atoms with E-state index >= 15 is 0 Å². The molecule has 0 radical (unpaired) electrons. The predicted molar refractivity (Wildman–Crippen MR) is 133 cm³/mol. The van der Waals surface area contributed by atoms with Crippen LogP contribution < -0.4 is 15.5 Å². The molecule has 1 amide bonds. The second kappa shape index (κ2) is 8.28. The number of fused-ring (bicyclic) bond motifs is 2. The molecule has 5 aromatic rings. The number of hydrogen-bond donors (Lipinski definition) is 1. The van der Waals surface area contributed by atoms with Gasteiger partial charge in [-0.05, 0) is 40.6 Å². The molecule has 0 atom stereocenters. The van der Waals surface area contributed by atoms with Crippen LogP contribution in [0.1, 0.15) is 10.4 Å². The van der Waals surface area contributed by atoms with Crippen LogP contribution in [0, 0.1) is 0 Å². The molecule has 1 aromatic heterocycles. The van der Waals surface area contributed by atoms with E-state index in [1.54, 1.807) is 18.2 Å². The number of para-hydroxylation sites is 2. The highest BCUT2D eigenvalue weighted by molar-refractivity contribution is 6.10. The third-order valence-corrected chi connectivity index (χ3v) is 5.95. The predicted octanol–water partition coefficient (Wildman–Crippen LogP) is 5.62. The van der Waals surface area contributed by atoms with Crippen LogP contribution in [0.25, 0.3) is 32.8 Å². The molecule has 33 heavy (non-hydrogen) atoms. The van der Waals surface area contributed by atoms with Gasteiger partial charge in [-0.15, -0.1) is 0 Å². The number of nitrogens with zero attached hydrogens (tertiary/aromatic N) is 1. The fourth-order valence-corrected chi connectivity index (χ4v) is 4.34. The Morgan fingerprint density at radius 1 is 0.818 bits per heavy atom. The Kier molecular flexibility index (Phi) is 5.15. The Morgan fingerprint density at radius 2 is 1.48 bits per heavy atom. The first kappa shape index (κ1) is 20.5. The zero-order valence-electron chi connectivity index (χ0n) is 18.3. The summed E-state index contributed by atoms with van der Waals surface area (Å²) in [4.78, 5) is 27.1. The van der Waals surface area contributed by atoms with Crippen molar-refractivity contribution in [2.24, 2.45) is 7.05 Å². The maximum atomic E-state index is 13.8. The van der Waals surface area contributed by atoms with Crippen molar-refractivity contribution in [3.05, 3.63) is 107 Å². The molecule has 5 nitrogen and oxygen atoms in total. The summed E-state index contributed by atoms with van der Waals surface area (Å²) in [5.74, 6) is 0.553. The summed E-state index contributed by atoms with van der Waals surface area (Å²) in [6.45, 7) is 0. The molecule has 5 heteroatoms. The van der Waals surface area contributed by atoms with Crippen molar-refractivity contribution in [2.45, 2.75) is 0 Å². The molecule has 0 aliphatic heterocycles. The zero-order chi connectivity index (χ0) is 22.9. The smallest absolute Gasteiger partial charge is 0.260 e. The van der Waals surface area contributed by atoms with Crippen LogP contribution in [0.2, 0.25) is 0 Å². The number of ether oxygens (including phenoxy) is 1. The van der Waals surface area contributed by atoms with E-state index in [4.69, 9.17) is 4.74 Å². The normalized spacial score (nSPS) is 11.0. The molecule has 162 valence electrons. The molecule has 1 N–H and O–H groups in total. The topological polar surface area (TPSA) is 60.3 Å². The van der Waals surface area contributed by atoms with Crippen molar-refractivity contribution < 1.29 is 9.53 Å². The fraction of sp³-hybridized carbons (Fsp3) is 0.0714. The highest BCUT2D eigenvalue weighted by Gasteiger charge is 2.21. The van der Waals surface area contributed by atoms with Gasteiger partial charge in [-0.1, -0.05) is 66.7 Å². The van der Waals surface area contributed by atoms with Crippen molar-refractivity contribution in [1.29, 1.82) is 0 Å². The molecule has 0 saturated carbocycles. The lowest BCUT2D eigenvalue weighted by molar-refractivity contribution is 0.102. The number of methoxy groups -OCH3 is 1. The maximum absolute atomic E-state index is 13.8. The summed E-state index contributed by atoms with van der Waals surface area (Å²) in [6, 6.07) is 28.2. The molecule has 0 unspecified atom stereocenters. The molecule has 5 rings (SSSR count). The van der Waals surface area contributed by atoms with E-state index in [2.05, 4.69) is 5.32 Å². The first-order valence-corrected chi connectivity index (χ1v) is 10.6. The first-order valence-electron chi connectivity index (χ1n) is 10.6. The second-order valence-corrected chi connectivity index (χ2v) is 7.81. The summed E-state index contributed by atoms with van der Waals surface area (Å²) < 4.78 is 7.23. The average Bonchev–Trinajstić information content (AvgIpc) is 2.87. The van der Waals surface area contributed by atoms with E-state index in [1.807, 2.05) is 84.4 Å². The quantitative estimate of drug-likeness (QED) is 0.399. The van der Waals surface area contributed by atoms with E-state index in [9.17, 15) is 9.59 Å². The van der Waals surface area contributed by atoms with Crippen LogP contribution in [0.15, 0.2) is 95.8 Å². The van der Waals surface area contributed by atoms with Crippen LogP contribution in [0.4, 0.5) is 5.82 Å². The van der Waals surface area contributed by atoms with Crippen LogP contribution in [0.5, 0.6) is 5.75 Å². The minimum absolute atomic E-state index is 0.129. The number of anilines is 1. The lowest BCUT2D eigenvalue weighted by Crippen LogP contribution is -2.22. The van der Waals surface area contributed by atoms with Crippen LogP contribution in [-0.4, -0.2) is 17.6 Å². The Labute approximate surface area is 190 Å². The van der Waals surface area contributed by atoms with Gasteiger partial charge in [0.2, 0.25) is 0 Å². The SMILES string of the molecule is COc1ccccc1C(=O)Nc1c(-c2cccc3ccccc23)c(=O)c2ccccc2n1C. The fourth-order valence-electron chi connectivity index (χ4n) is 4.34. The molecular weight excluding hydrogens is 412 g/mol. The largest absolute Gasteiger partial charge is 0.496 e. The molecule has 0 fully saturated rings. The Balaban J connectivity index is 1.80. The average molecular weight is 434 g/mol. The minimum Gasteiger partial charge on any atom is -0.496 e. The van der Waals surface area contributed by atoms with Gasteiger partial charge in [0.1, 0.15) is 11.6 Å². The molecule has 0 aliphatic carbocycles. The molecule has 0 spiro atoms. The van der Waals surface area contributed by atoms with Crippen LogP contribution in [0.3, 0.4) is 0 Å². The number of aryl methyl sites for hydroxylation is 1. The maximum Gasteiger partial charge on any atom is 0.260 e. The number of hydrogen-bond acceptors (Lipinski definition) is 3. The van der Waals surface area contributed by atoms with E-state index in [1.165, 1.54) is 7.11 Å². The van der Waals surface area contributed by atoms with Crippen molar-refractivity contribution >= 4 is 33.4 Å². The highest BCUT2D eigenvalue weighted by Crippen LogP contribution is 2.34. The number of benzene rings is 4. The van der Waals surface area contributed by atoms with E-state index in [0.717, 1.165) is 21.9 Å². The summed E-state index contributed by atoms with van der Waals surface area (Å²) in [6.07, 6.45) is 0. The standard InChI is InChI=1S/C28H22N2O3/c1-30-23-16-7-5-13-21(23)26(31)25(20-15-9-11-18-10-3-4-12-19(18)20)27(30)29-28(32)22-14-6-8-17-24(22)33-2/h3-17H,1-2H3,(H,29,32). The van der Waals surface area contributed by atoms with Gasteiger partial charge in [0.05, 0.1) is 23.8 Å². The molecule has 0 saturated heterocycles. The van der Waals surface area contributed by atoms with Gasteiger partial charge in [0.25, 0.3) is 5.91 Å². The third kappa shape index (κ3) is 3.44. The second-order valence-electron chi connectivity index (χ2n) is 7.81. The summed E-state index contributed by atoms with van der Waals surface area (Å²) in [5, 5.41) is 5.57. The monoisotopic (exact) mass is 434 g/mol. The summed E-state index contributed by atoms with van der Waals surface area (Å²) in [5.41, 5.74) is 2.23. The van der Waals surface area contributed by atoms with Crippen LogP contribution in [-0.2, 0) is 7.05 Å². The van der Waals surface area contributed by atoms with E-state index in [0.29, 0.717) is 28.1 Å². The Hall–Kier alpha value is -4.38. The van der Waals surface area contributed by atoms with Crippen molar-refractivity contribution in [3.8, 4) is 16.9 Å². The minimum atomic E-state index is -0.348. The van der Waals surface area contributed by atoms with Crippen molar-refractivity contribution in [3.63, 3.8) is 0 Å². The highest BCUT2D eigenvalue weighted by atomic mass is 16.5. The van der Waals surface area contributed by atoms with Crippen LogP contribution >= 0.6 is 0 Å². The van der Waals surface area contributed by atoms with E-state index < -0.39 is 0 Å².